The summed E-state index contributed by atoms with van der Waals surface area (Å²) in [5, 5.41) is 5.51. The van der Waals surface area contributed by atoms with Crippen LogP contribution in [0.4, 0.5) is 4.39 Å². The number of rotatable bonds is 5. The Labute approximate surface area is 163 Å². The lowest BCUT2D eigenvalue weighted by Gasteiger charge is -2.18. The van der Waals surface area contributed by atoms with Gasteiger partial charge in [-0.05, 0) is 36.9 Å². The molecule has 3 N–H and O–H groups in total. The predicted molar refractivity (Wildman–Crippen MR) is 103 cm³/mol. The number of carbonyl (C=O) groups is 1. The van der Waals surface area contributed by atoms with Crippen molar-refractivity contribution in [2.24, 2.45) is 11.7 Å². The van der Waals surface area contributed by atoms with Crippen molar-refractivity contribution in [1.29, 1.82) is 0 Å². The summed E-state index contributed by atoms with van der Waals surface area (Å²) in [5.74, 6) is -0.0488. The minimum Gasteiger partial charge on any atom is -0.348 e. The van der Waals surface area contributed by atoms with E-state index in [0.29, 0.717) is 30.1 Å². The van der Waals surface area contributed by atoms with Crippen molar-refractivity contribution in [3.8, 4) is 0 Å². The molecule has 0 radical (unpaired) electrons. The fraction of sp³-hybridized carbons (Fsp3) is 0.412. The van der Waals surface area contributed by atoms with Crippen molar-refractivity contribution in [3.05, 3.63) is 51.7 Å². The first-order chi connectivity index (χ1) is 11.2. The highest BCUT2D eigenvalue weighted by molar-refractivity contribution is 7.09. The Morgan fingerprint density at radius 1 is 1.32 bits per heavy atom. The van der Waals surface area contributed by atoms with Crippen molar-refractivity contribution in [2.75, 3.05) is 6.54 Å². The Hall–Kier alpha value is -1.21. The van der Waals surface area contributed by atoms with Crippen LogP contribution in [0.5, 0.6) is 0 Å². The molecular formula is C17H22Cl2FN3OS. The summed E-state index contributed by atoms with van der Waals surface area (Å²) in [7, 11) is 0. The Morgan fingerprint density at radius 3 is 2.80 bits per heavy atom. The van der Waals surface area contributed by atoms with Gasteiger partial charge in [0, 0.05) is 17.8 Å². The third-order valence-electron chi connectivity index (χ3n) is 4.36. The van der Waals surface area contributed by atoms with E-state index in [0.717, 1.165) is 24.3 Å². The summed E-state index contributed by atoms with van der Waals surface area (Å²) >= 11 is 1.38. The smallest absolute Gasteiger partial charge is 0.270 e. The van der Waals surface area contributed by atoms with Crippen LogP contribution in [0.25, 0.3) is 0 Å². The van der Waals surface area contributed by atoms with E-state index in [-0.39, 0.29) is 42.6 Å². The van der Waals surface area contributed by atoms with Crippen molar-refractivity contribution in [3.63, 3.8) is 0 Å². The molecule has 1 fully saturated rings. The molecule has 1 aliphatic carbocycles. The lowest BCUT2D eigenvalue weighted by atomic mass is 10.0. The highest BCUT2D eigenvalue weighted by Gasteiger charge is 2.28. The minimum atomic E-state index is -0.245. The van der Waals surface area contributed by atoms with E-state index < -0.39 is 0 Å². The molecule has 0 aliphatic heterocycles. The number of nitrogens with two attached hydrogens (primary N) is 1. The second-order valence-corrected chi connectivity index (χ2v) is 6.84. The first-order valence-electron chi connectivity index (χ1n) is 7.86. The third kappa shape index (κ3) is 5.38. The lowest BCUT2D eigenvalue weighted by Crippen LogP contribution is -2.40. The van der Waals surface area contributed by atoms with Gasteiger partial charge in [-0.25, -0.2) is 9.37 Å². The Morgan fingerprint density at radius 2 is 2.08 bits per heavy atom. The molecule has 1 heterocycles. The van der Waals surface area contributed by atoms with Crippen LogP contribution in [0.15, 0.2) is 29.6 Å². The monoisotopic (exact) mass is 405 g/mol. The maximum Gasteiger partial charge on any atom is 0.270 e. The summed E-state index contributed by atoms with van der Waals surface area (Å²) in [4.78, 5) is 16.7. The Bertz CT molecular complexity index is 698. The normalized spacial score (nSPS) is 19.0. The zero-order chi connectivity index (χ0) is 16.2. The van der Waals surface area contributed by atoms with Crippen LogP contribution >= 0.6 is 36.2 Å². The topological polar surface area (TPSA) is 68.0 Å². The molecule has 4 nitrogen and oxygen atoms in total. The SMILES string of the molecule is Cl.Cl.NCC1CCCC1NC(=O)c1csc(Cc2ccccc2F)n1. The molecule has 1 aromatic carbocycles. The minimum absolute atomic E-state index is 0. The van der Waals surface area contributed by atoms with Crippen LogP contribution in [0, 0.1) is 11.7 Å². The van der Waals surface area contributed by atoms with Gasteiger partial charge >= 0.3 is 0 Å². The molecule has 1 saturated carbocycles. The zero-order valence-corrected chi connectivity index (χ0v) is 16.1. The van der Waals surface area contributed by atoms with Crippen molar-refractivity contribution in [1.82, 2.24) is 10.3 Å². The molecule has 8 heteroatoms. The largest absolute Gasteiger partial charge is 0.348 e. The van der Waals surface area contributed by atoms with E-state index >= 15 is 0 Å². The van der Waals surface area contributed by atoms with Crippen molar-refractivity contribution < 1.29 is 9.18 Å². The number of amides is 1. The van der Waals surface area contributed by atoms with Gasteiger partial charge in [0.2, 0.25) is 0 Å². The molecule has 25 heavy (non-hydrogen) atoms. The number of nitrogens with one attached hydrogen (secondary N) is 1. The molecule has 0 saturated heterocycles. The van der Waals surface area contributed by atoms with Gasteiger partial charge in [-0.2, -0.15) is 0 Å². The molecule has 0 bridgehead atoms. The number of aromatic nitrogens is 1. The van der Waals surface area contributed by atoms with Gasteiger partial charge < -0.3 is 11.1 Å². The van der Waals surface area contributed by atoms with Gasteiger partial charge in [-0.1, -0.05) is 24.6 Å². The fourth-order valence-corrected chi connectivity index (χ4v) is 3.85. The van der Waals surface area contributed by atoms with Crippen LogP contribution in [0.3, 0.4) is 0 Å². The summed E-state index contributed by atoms with van der Waals surface area (Å²) < 4.78 is 13.7. The molecule has 2 unspecified atom stereocenters. The Balaban J connectivity index is 0.00000156. The Kier molecular flexibility index (Phi) is 8.79. The standard InChI is InChI=1S/C17H20FN3OS.2ClH/c18-13-6-2-1-4-11(13)8-16-20-15(10-23-16)17(22)21-14-7-3-5-12(14)9-19;;/h1-2,4,6,10,12,14H,3,5,7-9,19H2,(H,21,22);2*1H. The van der Waals surface area contributed by atoms with E-state index in [1.165, 1.54) is 17.4 Å². The number of thiazole rings is 1. The number of nitrogens with zero attached hydrogens (tertiary/aromatic N) is 1. The molecular weight excluding hydrogens is 384 g/mol. The average Bonchev–Trinajstić information content (AvgIpc) is 3.18. The van der Waals surface area contributed by atoms with E-state index in [9.17, 15) is 9.18 Å². The predicted octanol–water partition coefficient (Wildman–Crippen LogP) is 3.57. The van der Waals surface area contributed by atoms with Gasteiger partial charge in [0.1, 0.15) is 11.5 Å². The van der Waals surface area contributed by atoms with Crippen molar-refractivity contribution >= 4 is 42.1 Å². The van der Waals surface area contributed by atoms with E-state index in [1.807, 2.05) is 0 Å². The highest BCUT2D eigenvalue weighted by atomic mass is 35.5. The summed E-state index contributed by atoms with van der Waals surface area (Å²) in [6.07, 6.45) is 3.54. The quantitative estimate of drug-likeness (QED) is 0.798. The average molecular weight is 406 g/mol. The number of hydrogen-bond donors (Lipinski definition) is 2. The lowest BCUT2D eigenvalue weighted by molar-refractivity contribution is 0.0924. The van der Waals surface area contributed by atoms with Crippen LogP contribution in [-0.2, 0) is 6.42 Å². The zero-order valence-electron chi connectivity index (χ0n) is 13.6. The number of hydrogen-bond acceptors (Lipinski definition) is 4. The van der Waals surface area contributed by atoms with Gasteiger partial charge in [-0.15, -0.1) is 36.2 Å². The van der Waals surface area contributed by atoms with Gasteiger partial charge in [0.15, 0.2) is 0 Å². The number of carbonyl (C=O) groups excluding carboxylic acids is 1. The summed E-state index contributed by atoms with van der Waals surface area (Å²) in [6.45, 7) is 0.598. The molecule has 1 amide bonds. The molecule has 2 atom stereocenters. The van der Waals surface area contributed by atoms with Crippen LogP contribution in [0.2, 0.25) is 0 Å². The summed E-state index contributed by atoms with van der Waals surface area (Å²) in [5.41, 5.74) is 6.74. The van der Waals surface area contributed by atoms with Gasteiger partial charge in [-0.3, -0.25) is 4.79 Å². The molecule has 1 aliphatic rings. The molecule has 3 rings (SSSR count). The van der Waals surface area contributed by atoms with Gasteiger partial charge in [0.05, 0.1) is 5.01 Å². The van der Waals surface area contributed by atoms with Gasteiger partial charge in [0.25, 0.3) is 5.91 Å². The van der Waals surface area contributed by atoms with Crippen LogP contribution < -0.4 is 11.1 Å². The van der Waals surface area contributed by atoms with E-state index in [4.69, 9.17) is 5.73 Å². The van der Waals surface area contributed by atoms with Crippen LogP contribution in [0.1, 0.15) is 40.3 Å². The van der Waals surface area contributed by atoms with Crippen molar-refractivity contribution in [2.45, 2.75) is 31.7 Å². The van der Waals surface area contributed by atoms with Crippen LogP contribution in [-0.4, -0.2) is 23.5 Å². The second kappa shape index (κ2) is 10.1. The van der Waals surface area contributed by atoms with E-state index in [1.54, 1.807) is 23.6 Å². The van der Waals surface area contributed by atoms with E-state index in [2.05, 4.69) is 10.3 Å². The maximum atomic E-state index is 13.7. The fourth-order valence-electron chi connectivity index (χ4n) is 3.05. The molecule has 2 aromatic rings. The number of benzene rings is 1. The number of halogens is 3. The first kappa shape index (κ1) is 21.8. The summed E-state index contributed by atoms with van der Waals surface area (Å²) in [6, 6.07) is 6.77. The first-order valence-corrected chi connectivity index (χ1v) is 8.74. The molecule has 0 spiro atoms. The molecule has 138 valence electrons. The molecule has 1 aromatic heterocycles. The highest BCUT2D eigenvalue weighted by Crippen LogP contribution is 2.25. The second-order valence-electron chi connectivity index (χ2n) is 5.90. The third-order valence-corrected chi connectivity index (χ3v) is 5.21. The maximum absolute atomic E-state index is 13.7.